The first-order valence-corrected chi connectivity index (χ1v) is 6.46. The van der Waals surface area contributed by atoms with E-state index in [2.05, 4.69) is 16.0 Å². The lowest BCUT2D eigenvalue weighted by molar-refractivity contribution is -0.124. The van der Waals surface area contributed by atoms with Gasteiger partial charge < -0.3 is 16.0 Å². The molecule has 0 aliphatic rings. The zero-order valence-corrected chi connectivity index (χ0v) is 12.8. The predicted octanol–water partition coefficient (Wildman–Crippen LogP) is 1.82. The molecule has 0 aromatic heterocycles. The minimum atomic E-state index is -0.260. The summed E-state index contributed by atoms with van der Waals surface area (Å²) < 4.78 is 0. The van der Waals surface area contributed by atoms with Gasteiger partial charge in [0.2, 0.25) is 11.8 Å². The van der Waals surface area contributed by atoms with Crippen LogP contribution in [-0.4, -0.2) is 32.0 Å². The van der Waals surface area contributed by atoms with Crippen molar-refractivity contribution in [1.82, 2.24) is 10.6 Å². The first-order chi connectivity index (χ1) is 9.11. The van der Waals surface area contributed by atoms with E-state index >= 15 is 0 Å². The smallest absolute Gasteiger partial charge is 0.243 e. The summed E-state index contributed by atoms with van der Waals surface area (Å²) in [6.45, 7) is 0.755. The number of carbonyl (C=O) groups excluding carboxylic acids is 2. The number of hydrogen-bond donors (Lipinski definition) is 3. The second kappa shape index (κ2) is 10.5. The second-order valence-electron chi connectivity index (χ2n) is 4.04. The maximum Gasteiger partial charge on any atom is 0.243 e. The van der Waals surface area contributed by atoms with Crippen LogP contribution in [0.15, 0.2) is 24.3 Å². The highest BCUT2D eigenvalue weighted by atomic mass is 35.5. The fourth-order valence-electron chi connectivity index (χ4n) is 1.43. The van der Waals surface area contributed by atoms with E-state index in [-0.39, 0.29) is 30.8 Å². The van der Waals surface area contributed by atoms with Gasteiger partial charge in [-0.2, -0.15) is 0 Å². The molecule has 1 aromatic rings. The average molecular weight is 320 g/mol. The molecule has 0 fully saturated rings. The van der Waals surface area contributed by atoms with Gasteiger partial charge >= 0.3 is 0 Å². The van der Waals surface area contributed by atoms with Crippen LogP contribution in [0.25, 0.3) is 0 Å². The van der Waals surface area contributed by atoms with Crippen molar-refractivity contribution in [3.63, 3.8) is 0 Å². The van der Waals surface area contributed by atoms with Gasteiger partial charge in [0, 0.05) is 17.1 Å². The molecule has 0 aliphatic heterocycles. The Morgan fingerprint density at radius 1 is 1.15 bits per heavy atom. The lowest BCUT2D eigenvalue weighted by atomic mass is 10.3. The molecular weight excluding hydrogens is 301 g/mol. The molecule has 0 saturated carbocycles. The molecule has 0 heterocycles. The monoisotopic (exact) mass is 319 g/mol. The molecule has 0 atom stereocenters. The lowest BCUT2D eigenvalue weighted by Crippen LogP contribution is -2.33. The quantitative estimate of drug-likeness (QED) is 0.671. The fourth-order valence-corrected chi connectivity index (χ4v) is 1.56. The molecule has 0 saturated heterocycles. The zero-order valence-electron chi connectivity index (χ0n) is 11.2. The molecule has 7 heteroatoms. The van der Waals surface area contributed by atoms with E-state index in [9.17, 15) is 9.59 Å². The van der Waals surface area contributed by atoms with Crippen LogP contribution in [0.1, 0.15) is 12.8 Å². The molecule has 0 unspecified atom stereocenters. The Morgan fingerprint density at radius 2 is 1.80 bits per heavy atom. The van der Waals surface area contributed by atoms with Crippen LogP contribution in [0.4, 0.5) is 5.69 Å². The molecule has 3 N–H and O–H groups in total. The molecule has 1 rings (SSSR count). The Bertz CT molecular complexity index is 424. The standard InChI is InChI=1S/C13H18ClN3O2.ClH/c1-15-8-2-3-12(18)16-9-13(19)17-11-6-4-10(14)5-7-11;/h4-7,15H,2-3,8-9H2,1H3,(H,16,18)(H,17,19);1H. The topological polar surface area (TPSA) is 70.2 Å². The highest BCUT2D eigenvalue weighted by Crippen LogP contribution is 2.12. The molecule has 5 nitrogen and oxygen atoms in total. The summed E-state index contributed by atoms with van der Waals surface area (Å²) in [5.41, 5.74) is 0.652. The average Bonchev–Trinajstić information content (AvgIpc) is 2.39. The molecule has 0 bridgehead atoms. The van der Waals surface area contributed by atoms with Crippen molar-refractivity contribution < 1.29 is 9.59 Å². The highest BCUT2D eigenvalue weighted by Gasteiger charge is 2.05. The Labute approximate surface area is 129 Å². The van der Waals surface area contributed by atoms with Crippen molar-refractivity contribution in [2.45, 2.75) is 12.8 Å². The third-order valence-electron chi connectivity index (χ3n) is 2.40. The van der Waals surface area contributed by atoms with Crippen LogP contribution < -0.4 is 16.0 Å². The van der Waals surface area contributed by atoms with Gasteiger partial charge in [0.05, 0.1) is 6.54 Å². The first kappa shape index (κ1) is 18.7. The molecule has 112 valence electrons. The van der Waals surface area contributed by atoms with Gasteiger partial charge in [-0.05, 0) is 44.3 Å². The van der Waals surface area contributed by atoms with Crippen molar-refractivity contribution in [3.8, 4) is 0 Å². The number of nitrogens with one attached hydrogen (secondary N) is 3. The number of hydrogen-bond acceptors (Lipinski definition) is 3. The van der Waals surface area contributed by atoms with Gasteiger partial charge in [-0.1, -0.05) is 11.6 Å². The van der Waals surface area contributed by atoms with E-state index in [0.29, 0.717) is 17.1 Å². The van der Waals surface area contributed by atoms with E-state index in [4.69, 9.17) is 11.6 Å². The summed E-state index contributed by atoms with van der Waals surface area (Å²) in [5, 5.41) is 8.80. The fraction of sp³-hybridized carbons (Fsp3) is 0.385. The summed E-state index contributed by atoms with van der Waals surface area (Å²) in [6, 6.07) is 6.78. The SMILES string of the molecule is CNCCCC(=O)NCC(=O)Nc1ccc(Cl)cc1.Cl. The van der Waals surface area contributed by atoms with E-state index in [1.54, 1.807) is 24.3 Å². The van der Waals surface area contributed by atoms with E-state index in [0.717, 1.165) is 13.0 Å². The molecule has 2 amide bonds. The molecule has 0 spiro atoms. The Balaban J connectivity index is 0.00000361. The Hall–Kier alpha value is -1.30. The van der Waals surface area contributed by atoms with E-state index in [1.165, 1.54) is 0 Å². The number of anilines is 1. The summed E-state index contributed by atoms with van der Waals surface area (Å²) in [7, 11) is 1.83. The van der Waals surface area contributed by atoms with Crippen LogP contribution in [0.3, 0.4) is 0 Å². The minimum absolute atomic E-state index is 0. The number of amides is 2. The van der Waals surface area contributed by atoms with Crippen LogP contribution in [-0.2, 0) is 9.59 Å². The van der Waals surface area contributed by atoms with Crippen molar-refractivity contribution >= 4 is 41.5 Å². The number of halogens is 2. The van der Waals surface area contributed by atoms with Crippen LogP contribution in [0.2, 0.25) is 5.02 Å². The molecule has 0 radical (unpaired) electrons. The molecule has 1 aromatic carbocycles. The highest BCUT2D eigenvalue weighted by molar-refractivity contribution is 6.30. The number of carbonyl (C=O) groups is 2. The normalized spacial score (nSPS) is 9.50. The summed E-state index contributed by atoms with van der Waals surface area (Å²) >= 11 is 5.74. The third kappa shape index (κ3) is 7.99. The minimum Gasteiger partial charge on any atom is -0.347 e. The molecular formula is C13H19Cl2N3O2. The Morgan fingerprint density at radius 3 is 2.40 bits per heavy atom. The maximum atomic E-state index is 11.6. The predicted molar refractivity (Wildman–Crippen MR) is 83.5 cm³/mol. The molecule has 20 heavy (non-hydrogen) atoms. The van der Waals surface area contributed by atoms with Crippen LogP contribution in [0.5, 0.6) is 0 Å². The second-order valence-corrected chi connectivity index (χ2v) is 4.48. The van der Waals surface area contributed by atoms with Crippen molar-refractivity contribution in [1.29, 1.82) is 0 Å². The van der Waals surface area contributed by atoms with Crippen molar-refractivity contribution in [3.05, 3.63) is 29.3 Å². The Kier molecular flexibility index (Phi) is 9.80. The number of rotatable bonds is 7. The van der Waals surface area contributed by atoms with Crippen LogP contribution in [0, 0.1) is 0 Å². The first-order valence-electron chi connectivity index (χ1n) is 6.08. The van der Waals surface area contributed by atoms with Gasteiger partial charge in [0.25, 0.3) is 0 Å². The van der Waals surface area contributed by atoms with Gasteiger partial charge in [-0.3, -0.25) is 9.59 Å². The molecule has 0 aliphatic carbocycles. The van der Waals surface area contributed by atoms with Crippen LogP contribution >= 0.6 is 24.0 Å². The largest absolute Gasteiger partial charge is 0.347 e. The van der Waals surface area contributed by atoms with Gasteiger partial charge in [-0.25, -0.2) is 0 Å². The van der Waals surface area contributed by atoms with Crippen molar-refractivity contribution in [2.75, 3.05) is 25.5 Å². The van der Waals surface area contributed by atoms with Gasteiger partial charge in [-0.15, -0.1) is 12.4 Å². The zero-order chi connectivity index (χ0) is 14.1. The maximum absolute atomic E-state index is 11.6. The lowest BCUT2D eigenvalue weighted by Gasteiger charge is -2.07. The third-order valence-corrected chi connectivity index (χ3v) is 2.66. The van der Waals surface area contributed by atoms with E-state index in [1.807, 2.05) is 7.05 Å². The van der Waals surface area contributed by atoms with Gasteiger partial charge in [0.1, 0.15) is 0 Å². The summed E-state index contributed by atoms with van der Waals surface area (Å²) in [4.78, 5) is 22.9. The number of benzene rings is 1. The summed E-state index contributed by atoms with van der Waals surface area (Å²) in [6.07, 6.45) is 1.16. The van der Waals surface area contributed by atoms with E-state index < -0.39 is 0 Å². The summed E-state index contributed by atoms with van der Waals surface area (Å²) in [5.74, 6) is -0.384. The van der Waals surface area contributed by atoms with Gasteiger partial charge in [0.15, 0.2) is 0 Å². The van der Waals surface area contributed by atoms with Crippen molar-refractivity contribution in [2.24, 2.45) is 0 Å².